The van der Waals surface area contributed by atoms with Crippen molar-refractivity contribution in [3.63, 3.8) is 0 Å². The summed E-state index contributed by atoms with van der Waals surface area (Å²) in [5, 5.41) is 3.33. The number of benzene rings is 2. The van der Waals surface area contributed by atoms with Gasteiger partial charge in [-0.2, -0.15) is 0 Å². The zero-order valence-corrected chi connectivity index (χ0v) is 17.3. The Morgan fingerprint density at radius 3 is 2.66 bits per heavy atom. The van der Waals surface area contributed by atoms with Crippen molar-refractivity contribution >= 4 is 34.2 Å². The van der Waals surface area contributed by atoms with E-state index in [4.69, 9.17) is 0 Å². The zero-order valence-electron chi connectivity index (χ0n) is 16.4. The molecule has 2 aromatic carbocycles. The third-order valence-corrected chi connectivity index (χ3v) is 7.16. The number of thioether (sulfide) groups is 1. The molecule has 0 aromatic heterocycles. The van der Waals surface area contributed by atoms with E-state index in [1.165, 1.54) is 34.1 Å². The maximum Gasteiger partial charge on any atom is 0.224 e. The summed E-state index contributed by atoms with van der Waals surface area (Å²) in [6.45, 7) is 5.01. The van der Waals surface area contributed by atoms with E-state index in [1.54, 1.807) is 0 Å². The third-order valence-electron chi connectivity index (χ3n) is 6.19. The number of carbonyl (C=O) groups excluding carboxylic acids is 2. The molecule has 3 aliphatic heterocycles. The fraction of sp³-hybridized carbons (Fsp3) is 0.391. The first-order valence-electron chi connectivity index (χ1n) is 10.4. The molecule has 2 aromatic rings. The molecule has 5 nitrogen and oxygen atoms in total. The molecule has 6 heteroatoms. The molecule has 1 N–H and O–H groups in total. The zero-order chi connectivity index (χ0) is 19.8. The summed E-state index contributed by atoms with van der Waals surface area (Å²) in [6.07, 6.45) is 2.94. The number of para-hydroxylation sites is 1. The lowest BCUT2D eigenvalue weighted by molar-refractivity contribution is -0.116. The van der Waals surface area contributed by atoms with Gasteiger partial charge in [-0.25, -0.2) is 0 Å². The molecule has 0 bridgehead atoms. The molecular formula is C23H25N3O2S. The highest BCUT2D eigenvalue weighted by Crippen LogP contribution is 2.38. The summed E-state index contributed by atoms with van der Waals surface area (Å²) < 4.78 is 0. The number of rotatable bonds is 4. The Kier molecular flexibility index (Phi) is 5.06. The number of aryl methyl sites for hydroxylation is 1. The van der Waals surface area contributed by atoms with Crippen molar-refractivity contribution in [3.05, 3.63) is 53.1 Å². The first-order chi connectivity index (χ1) is 14.2. The Labute approximate surface area is 175 Å². The van der Waals surface area contributed by atoms with Gasteiger partial charge in [0.2, 0.25) is 5.91 Å². The van der Waals surface area contributed by atoms with E-state index in [1.807, 2.05) is 0 Å². The van der Waals surface area contributed by atoms with E-state index in [0.717, 1.165) is 56.1 Å². The second-order valence-electron chi connectivity index (χ2n) is 7.98. The number of hydrogen-bond donors (Lipinski definition) is 1. The highest BCUT2D eigenvalue weighted by molar-refractivity contribution is 8.14. The normalized spacial score (nSPS) is 19.1. The fourth-order valence-electron chi connectivity index (χ4n) is 4.60. The van der Waals surface area contributed by atoms with Crippen molar-refractivity contribution < 1.29 is 9.59 Å². The van der Waals surface area contributed by atoms with Crippen LogP contribution in [0.2, 0.25) is 0 Å². The molecule has 1 saturated heterocycles. The standard InChI is InChI=1S/C23H25N3O2S/c27-21-8-7-16-3-1-4-17(23(16)24-21)9-10-25-11-13-26(14-12-25)19-5-2-6-20-18(19)15-22(28)29-20/h1-6H,7-15H2,(H,24,27). The minimum absolute atomic E-state index is 0.130. The average molecular weight is 408 g/mol. The number of carbonyl (C=O) groups is 2. The quantitative estimate of drug-likeness (QED) is 0.844. The fourth-order valence-corrected chi connectivity index (χ4v) is 5.51. The van der Waals surface area contributed by atoms with Crippen LogP contribution in [0.1, 0.15) is 23.1 Å². The molecule has 3 heterocycles. The van der Waals surface area contributed by atoms with Crippen LogP contribution in [0.15, 0.2) is 41.3 Å². The van der Waals surface area contributed by atoms with Crippen LogP contribution in [0.3, 0.4) is 0 Å². The van der Waals surface area contributed by atoms with Crippen molar-refractivity contribution in [2.45, 2.75) is 30.6 Å². The van der Waals surface area contributed by atoms with Crippen LogP contribution < -0.4 is 10.2 Å². The van der Waals surface area contributed by atoms with E-state index in [2.05, 4.69) is 51.5 Å². The number of anilines is 2. The number of nitrogens with one attached hydrogen (secondary N) is 1. The van der Waals surface area contributed by atoms with Crippen LogP contribution in [0.4, 0.5) is 11.4 Å². The molecule has 150 valence electrons. The Morgan fingerprint density at radius 1 is 0.966 bits per heavy atom. The Hall–Kier alpha value is -2.31. The molecule has 0 aliphatic carbocycles. The average Bonchev–Trinajstić information content (AvgIpc) is 3.13. The van der Waals surface area contributed by atoms with Crippen molar-refractivity contribution in [1.82, 2.24) is 4.90 Å². The molecule has 0 saturated carbocycles. The van der Waals surface area contributed by atoms with Crippen LogP contribution in [-0.2, 0) is 28.9 Å². The molecular weight excluding hydrogens is 382 g/mol. The second kappa shape index (κ2) is 7.84. The summed E-state index contributed by atoms with van der Waals surface area (Å²) >= 11 is 1.38. The second-order valence-corrected chi connectivity index (χ2v) is 9.08. The minimum atomic E-state index is 0.130. The maximum atomic E-state index is 11.8. The van der Waals surface area contributed by atoms with E-state index < -0.39 is 0 Å². The molecule has 1 amide bonds. The van der Waals surface area contributed by atoms with Crippen molar-refractivity contribution in [1.29, 1.82) is 0 Å². The Bertz CT molecular complexity index is 967. The number of nitrogens with zero attached hydrogens (tertiary/aromatic N) is 2. The van der Waals surface area contributed by atoms with Crippen LogP contribution >= 0.6 is 11.8 Å². The van der Waals surface area contributed by atoms with Gasteiger partial charge in [-0.05, 0) is 41.7 Å². The number of amides is 1. The SMILES string of the molecule is O=C1CCc2cccc(CCN3CCN(c4cccc5c4CC(=O)S5)CC3)c2N1. The van der Waals surface area contributed by atoms with Gasteiger partial charge in [0.05, 0.1) is 0 Å². The van der Waals surface area contributed by atoms with Crippen molar-refractivity contribution in [2.24, 2.45) is 0 Å². The van der Waals surface area contributed by atoms with Gasteiger partial charge in [-0.3, -0.25) is 14.5 Å². The summed E-state index contributed by atoms with van der Waals surface area (Å²) in [5.74, 6) is 0.130. The van der Waals surface area contributed by atoms with Crippen LogP contribution in [0.25, 0.3) is 0 Å². The summed E-state index contributed by atoms with van der Waals surface area (Å²) in [5.41, 5.74) is 6.00. The van der Waals surface area contributed by atoms with Crippen LogP contribution in [0, 0.1) is 0 Å². The first kappa shape index (κ1) is 18.7. The molecule has 0 atom stereocenters. The molecule has 0 spiro atoms. The Balaban J connectivity index is 1.21. The topological polar surface area (TPSA) is 52.7 Å². The maximum absolute atomic E-state index is 11.8. The summed E-state index contributed by atoms with van der Waals surface area (Å²) in [6, 6.07) is 12.7. The molecule has 5 rings (SSSR count). The van der Waals surface area contributed by atoms with Gasteiger partial charge in [-0.1, -0.05) is 36.0 Å². The van der Waals surface area contributed by atoms with Gasteiger partial charge >= 0.3 is 0 Å². The van der Waals surface area contributed by atoms with Crippen LogP contribution in [0.5, 0.6) is 0 Å². The number of fused-ring (bicyclic) bond motifs is 2. The van der Waals surface area contributed by atoms with Gasteiger partial charge in [0.15, 0.2) is 5.12 Å². The van der Waals surface area contributed by atoms with Crippen molar-refractivity contribution in [2.75, 3.05) is 42.9 Å². The summed E-state index contributed by atoms with van der Waals surface area (Å²) in [4.78, 5) is 29.7. The van der Waals surface area contributed by atoms with Gasteiger partial charge < -0.3 is 10.2 Å². The van der Waals surface area contributed by atoms with E-state index >= 15 is 0 Å². The van der Waals surface area contributed by atoms with E-state index in [9.17, 15) is 9.59 Å². The minimum Gasteiger partial charge on any atom is -0.369 e. The molecule has 3 aliphatic rings. The summed E-state index contributed by atoms with van der Waals surface area (Å²) in [7, 11) is 0. The highest BCUT2D eigenvalue weighted by Gasteiger charge is 2.26. The number of hydrogen-bond acceptors (Lipinski definition) is 5. The largest absolute Gasteiger partial charge is 0.369 e. The molecule has 0 unspecified atom stereocenters. The van der Waals surface area contributed by atoms with Gasteiger partial charge in [0, 0.05) is 61.8 Å². The highest BCUT2D eigenvalue weighted by atomic mass is 32.2. The monoisotopic (exact) mass is 407 g/mol. The van der Waals surface area contributed by atoms with Gasteiger partial charge in [-0.15, -0.1) is 0 Å². The molecule has 1 fully saturated rings. The predicted molar refractivity (Wildman–Crippen MR) is 117 cm³/mol. The number of piperazine rings is 1. The van der Waals surface area contributed by atoms with Crippen molar-refractivity contribution in [3.8, 4) is 0 Å². The van der Waals surface area contributed by atoms with Gasteiger partial charge in [0.25, 0.3) is 0 Å². The van der Waals surface area contributed by atoms with E-state index in [-0.39, 0.29) is 11.0 Å². The first-order valence-corrected chi connectivity index (χ1v) is 11.2. The predicted octanol–water partition coefficient (Wildman–Crippen LogP) is 3.11. The molecule has 29 heavy (non-hydrogen) atoms. The third kappa shape index (κ3) is 3.79. The lowest BCUT2D eigenvalue weighted by atomic mass is 9.97. The molecule has 0 radical (unpaired) electrons. The van der Waals surface area contributed by atoms with Crippen LogP contribution in [-0.4, -0.2) is 48.6 Å². The van der Waals surface area contributed by atoms with E-state index in [0.29, 0.717) is 12.8 Å². The lowest BCUT2D eigenvalue weighted by Crippen LogP contribution is -2.47. The van der Waals surface area contributed by atoms with Gasteiger partial charge in [0.1, 0.15) is 0 Å². The Morgan fingerprint density at radius 2 is 1.79 bits per heavy atom. The lowest BCUT2D eigenvalue weighted by Gasteiger charge is -2.37. The smallest absolute Gasteiger partial charge is 0.224 e.